The number of sulfonamides is 1. The Balaban J connectivity index is 2.47. The minimum Gasteiger partial charge on any atom is -0.494 e. The lowest BCUT2D eigenvalue weighted by atomic mass is 10.1. The minimum absolute atomic E-state index is 0.0845. The second-order valence-electron chi connectivity index (χ2n) is 5.76. The van der Waals surface area contributed by atoms with Crippen LogP contribution in [0.15, 0.2) is 41.3 Å². The molecule has 28 heavy (non-hydrogen) atoms. The number of alkyl halides is 6. The quantitative estimate of drug-likeness (QED) is 0.665. The normalized spacial score (nSPS) is 12.7. The van der Waals surface area contributed by atoms with Crippen molar-refractivity contribution in [2.24, 2.45) is 0 Å². The summed E-state index contributed by atoms with van der Waals surface area (Å²) in [5.41, 5.74) is -3.66. The molecule has 0 unspecified atom stereocenters. The van der Waals surface area contributed by atoms with Gasteiger partial charge in [-0.3, -0.25) is 4.72 Å². The lowest BCUT2D eigenvalue weighted by Gasteiger charge is -2.16. The van der Waals surface area contributed by atoms with Crippen LogP contribution >= 0.6 is 0 Å². The molecule has 0 aliphatic carbocycles. The summed E-state index contributed by atoms with van der Waals surface area (Å²) < 4.78 is 109. The number of rotatable bonds is 5. The van der Waals surface area contributed by atoms with Crippen molar-refractivity contribution in [1.82, 2.24) is 0 Å². The van der Waals surface area contributed by atoms with E-state index >= 15 is 0 Å². The standard InChI is InChI=1S/C17H15F6NO3S/c1-3-27-15-5-4-14(6-10(15)2)28(25,26)24-13-8-11(16(18,19)20)7-12(9-13)17(21,22)23/h4-9,24H,3H2,1-2H3. The highest BCUT2D eigenvalue weighted by atomic mass is 32.2. The molecule has 0 atom stereocenters. The van der Waals surface area contributed by atoms with Crippen molar-refractivity contribution in [1.29, 1.82) is 0 Å². The number of benzene rings is 2. The molecule has 0 aliphatic rings. The number of ether oxygens (including phenoxy) is 1. The van der Waals surface area contributed by atoms with Crippen LogP contribution < -0.4 is 9.46 Å². The number of aryl methyl sites for hydroxylation is 1. The van der Waals surface area contributed by atoms with E-state index in [1.165, 1.54) is 12.1 Å². The highest BCUT2D eigenvalue weighted by Crippen LogP contribution is 2.38. The smallest absolute Gasteiger partial charge is 0.416 e. The molecule has 0 heterocycles. The van der Waals surface area contributed by atoms with Gasteiger partial charge in [0.15, 0.2) is 0 Å². The van der Waals surface area contributed by atoms with Crippen LogP contribution in [0.2, 0.25) is 0 Å². The summed E-state index contributed by atoms with van der Waals surface area (Å²) in [6.45, 7) is 3.60. The van der Waals surface area contributed by atoms with Crippen LogP contribution in [0.25, 0.3) is 0 Å². The maximum atomic E-state index is 12.9. The van der Waals surface area contributed by atoms with Gasteiger partial charge in [-0.2, -0.15) is 26.3 Å². The molecule has 1 N–H and O–H groups in total. The Morgan fingerprint density at radius 1 is 0.929 bits per heavy atom. The molecule has 11 heteroatoms. The van der Waals surface area contributed by atoms with Crippen LogP contribution in [0, 0.1) is 6.92 Å². The van der Waals surface area contributed by atoms with Gasteiger partial charge in [0.05, 0.1) is 28.3 Å². The molecule has 4 nitrogen and oxygen atoms in total. The van der Waals surface area contributed by atoms with E-state index in [1.54, 1.807) is 18.6 Å². The van der Waals surface area contributed by atoms with E-state index < -0.39 is 39.2 Å². The van der Waals surface area contributed by atoms with E-state index in [-0.39, 0.29) is 11.0 Å². The van der Waals surface area contributed by atoms with E-state index in [4.69, 9.17) is 4.74 Å². The highest BCUT2D eigenvalue weighted by Gasteiger charge is 2.37. The molecule has 154 valence electrons. The summed E-state index contributed by atoms with van der Waals surface area (Å²) in [4.78, 5) is -0.334. The Morgan fingerprint density at radius 2 is 1.46 bits per heavy atom. The van der Waals surface area contributed by atoms with Gasteiger partial charge in [-0.05, 0) is 55.8 Å². The van der Waals surface area contributed by atoms with E-state index in [1.807, 2.05) is 0 Å². The number of nitrogens with one attached hydrogen (secondary N) is 1. The van der Waals surface area contributed by atoms with E-state index in [2.05, 4.69) is 0 Å². The lowest BCUT2D eigenvalue weighted by molar-refractivity contribution is -0.143. The van der Waals surface area contributed by atoms with Crippen molar-refractivity contribution in [3.05, 3.63) is 53.1 Å². The molecule has 0 radical (unpaired) electrons. The average Bonchev–Trinajstić information content (AvgIpc) is 2.54. The molecule has 2 aromatic rings. The van der Waals surface area contributed by atoms with Gasteiger partial charge in [-0.1, -0.05) is 0 Å². The van der Waals surface area contributed by atoms with Gasteiger partial charge in [0.1, 0.15) is 5.75 Å². The second kappa shape index (κ2) is 7.53. The zero-order chi connectivity index (χ0) is 21.3. The maximum Gasteiger partial charge on any atom is 0.416 e. The van der Waals surface area contributed by atoms with Gasteiger partial charge in [0.25, 0.3) is 10.0 Å². The van der Waals surface area contributed by atoms with Gasteiger partial charge in [-0.25, -0.2) is 8.42 Å². The van der Waals surface area contributed by atoms with E-state index in [0.717, 1.165) is 6.07 Å². The van der Waals surface area contributed by atoms with Crippen LogP contribution in [-0.2, 0) is 22.4 Å². The first kappa shape index (κ1) is 21.9. The van der Waals surface area contributed by atoms with Crippen LogP contribution in [0.5, 0.6) is 5.75 Å². The number of anilines is 1. The Hall–Kier alpha value is -2.43. The van der Waals surface area contributed by atoms with Crippen LogP contribution in [0.1, 0.15) is 23.6 Å². The number of halogens is 6. The molecule has 2 aromatic carbocycles. The fourth-order valence-corrected chi connectivity index (χ4v) is 3.46. The third-order valence-electron chi connectivity index (χ3n) is 3.60. The topological polar surface area (TPSA) is 55.4 Å². The van der Waals surface area contributed by atoms with Crippen LogP contribution in [-0.4, -0.2) is 15.0 Å². The second-order valence-corrected chi connectivity index (χ2v) is 7.44. The molecule has 0 saturated heterocycles. The predicted molar refractivity (Wildman–Crippen MR) is 89.6 cm³/mol. The summed E-state index contributed by atoms with van der Waals surface area (Å²) in [7, 11) is -4.43. The fourth-order valence-electron chi connectivity index (χ4n) is 2.33. The zero-order valence-electron chi connectivity index (χ0n) is 14.6. The van der Waals surface area contributed by atoms with Gasteiger partial charge in [-0.15, -0.1) is 0 Å². The zero-order valence-corrected chi connectivity index (χ0v) is 15.4. The van der Waals surface area contributed by atoms with E-state index in [0.29, 0.717) is 30.1 Å². The third kappa shape index (κ3) is 5.09. The Labute approximate surface area is 157 Å². The number of hydrogen-bond acceptors (Lipinski definition) is 3. The number of hydrogen-bond donors (Lipinski definition) is 1. The van der Waals surface area contributed by atoms with Gasteiger partial charge >= 0.3 is 12.4 Å². The van der Waals surface area contributed by atoms with Crippen molar-refractivity contribution in [3.63, 3.8) is 0 Å². The highest BCUT2D eigenvalue weighted by molar-refractivity contribution is 7.92. The molecule has 0 bridgehead atoms. The molecule has 0 fully saturated rings. The molecule has 0 amide bonds. The monoisotopic (exact) mass is 427 g/mol. The lowest BCUT2D eigenvalue weighted by Crippen LogP contribution is -2.16. The van der Waals surface area contributed by atoms with E-state index in [9.17, 15) is 34.8 Å². The first-order valence-corrected chi connectivity index (χ1v) is 9.28. The summed E-state index contributed by atoms with van der Waals surface area (Å²) in [6, 6.07) is 4.20. The SMILES string of the molecule is CCOc1ccc(S(=O)(=O)Nc2cc(C(F)(F)F)cc(C(F)(F)F)c2)cc1C. The maximum absolute atomic E-state index is 12.9. The van der Waals surface area contributed by atoms with Crippen molar-refractivity contribution in [2.45, 2.75) is 31.1 Å². The average molecular weight is 427 g/mol. The largest absolute Gasteiger partial charge is 0.494 e. The fraction of sp³-hybridized carbons (Fsp3) is 0.294. The first-order chi connectivity index (χ1) is 12.7. The van der Waals surface area contributed by atoms with Gasteiger partial charge in [0.2, 0.25) is 0 Å². The van der Waals surface area contributed by atoms with Crippen LogP contribution in [0.4, 0.5) is 32.0 Å². The van der Waals surface area contributed by atoms with Crippen molar-refractivity contribution in [3.8, 4) is 5.75 Å². The summed E-state index contributed by atoms with van der Waals surface area (Å²) in [5.74, 6) is 0.403. The predicted octanol–water partition coefficient (Wildman–Crippen LogP) is 5.23. The molecular weight excluding hydrogens is 412 g/mol. The van der Waals surface area contributed by atoms with Crippen molar-refractivity contribution >= 4 is 15.7 Å². The summed E-state index contributed by atoms with van der Waals surface area (Å²) in [6.07, 6.45) is -10.2. The van der Waals surface area contributed by atoms with Gasteiger partial charge < -0.3 is 4.74 Å². The molecule has 0 aliphatic heterocycles. The molecule has 0 saturated carbocycles. The van der Waals surface area contributed by atoms with Crippen molar-refractivity contribution < 1.29 is 39.5 Å². The Kier molecular flexibility index (Phi) is 5.88. The Bertz CT molecular complexity index is 936. The van der Waals surface area contributed by atoms with Crippen molar-refractivity contribution in [2.75, 3.05) is 11.3 Å². The molecule has 0 aromatic heterocycles. The van der Waals surface area contributed by atoms with Crippen LogP contribution in [0.3, 0.4) is 0 Å². The summed E-state index contributed by atoms with van der Waals surface area (Å²) >= 11 is 0. The summed E-state index contributed by atoms with van der Waals surface area (Å²) in [5, 5.41) is 0. The van der Waals surface area contributed by atoms with Gasteiger partial charge in [0, 0.05) is 0 Å². The third-order valence-corrected chi connectivity index (χ3v) is 4.98. The Morgan fingerprint density at radius 3 is 1.89 bits per heavy atom. The minimum atomic E-state index is -5.09. The molecule has 2 rings (SSSR count). The molecule has 0 spiro atoms. The first-order valence-electron chi connectivity index (χ1n) is 7.80. The molecular formula is C17H15F6NO3S.